The smallest absolute Gasteiger partial charge is 0.0675 e. The van der Waals surface area contributed by atoms with Gasteiger partial charge < -0.3 is 10.1 Å². The van der Waals surface area contributed by atoms with Gasteiger partial charge in [0.05, 0.1) is 18.8 Å². The van der Waals surface area contributed by atoms with E-state index in [4.69, 9.17) is 11.2 Å². The molecule has 0 saturated heterocycles. The molecule has 0 bridgehead atoms. The first-order valence-electron chi connectivity index (χ1n) is 6.02. The molecule has 15 heavy (non-hydrogen) atoms. The summed E-state index contributed by atoms with van der Waals surface area (Å²) in [5.74, 6) is 3.40. The molecule has 1 rings (SSSR count). The molecule has 0 aromatic heterocycles. The van der Waals surface area contributed by atoms with Crippen molar-refractivity contribution in [3.63, 3.8) is 0 Å². The third-order valence-electron chi connectivity index (χ3n) is 2.97. The fourth-order valence-corrected chi connectivity index (χ4v) is 2.23. The molecule has 86 valence electrons. The van der Waals surface area contributed by atoms with Gasteiger partial charge in [0.2, 0.25) is 0 Å². The molecule has 0 spiro atoms. The molecule has 2 heteroatoms. The molecule has 1 fully saturated rings. The van der Waals surface area contributed by atoms with Gasteiger partial charge in [-0.2, -0.15) is 0 Å². The Morgan fingerprint density at radius 3 is 3.00 bits per heavy atom. The van der Waals surface area contributed by atoms with Crippen molar-refractivity contribution in [2.24, 2.45) is 5.92 Å². The topological polar surface area (TPSA) is 21.3 Å². The number of rotatable bonds is 5. The van der Waals surface area contributed by atoms with E-state index in [1.807, 2.05) is 0 Å². The fraction of sp³-hybridized carbons (Fsp3) is 0.846. The average molecular weight is 209 g/mol. The zero-order valence-electron chi connectivity index (χ0n) is 9.96. The van der Waals surface area contributed by atoms with Crippen LogP contribution in [0.25, 0.3) is 0 Å². The predicted molar refractivity (Wildman–Crippen MR) is 63.7 cm³/mol. The highest BCUT2D eigenvalue weighted by Gasteiger charge is 2.20. The van der Waals surface area contributed by atoms with Crippen molar-refractivity contribution in [2.45, 2.75) is 51.7 Å². The zero-order valence-corrected chi connectivity index (χ0v) is 9.96. The van der Waals surface area contributed by atoms with Gasteiger partial charge in [0.15, 0.2) is 0 Å². The van der Waals surface area contributed by atoms with Crippen molar-refractivity contribution in [3.8, 4) is 12.3 Å². The Bertz CT molecular complexity index is 209. The van der Waals surface area contributed by atoms with Crippen molar-refractivity contribution >= 4 is 0 Å². The first-order valence-corrected chi connectivity index (χ1v) is 6.02. The lowest BCUT2D eigenvalue weighted by atomic mass is 9.88. The molecule has 1 saturated carbocycles. The van der Waals surface area contributed by atoms with Crippen LogP contribution in [0.2, 0.25) is 0 Å². The molecule has 1 aliphatic rings. The molecule has 0 aromatic rings. The van der Waals surface area contributed by atoms with E-state index in [2.05, 4.69) is 25.1 Å². The summed E-state index contributed by atoms with van der Waals surface area (Å²) in [6, 6.07) is 0. The lowest BCUT2D eigenvalue weighted by Crippen LogP contribution is -2.32. The summed E-state index contributed by atoms with van der Waals surface area (Å²) in [6.45, 7) is 5.92. The predicted octanol–water partition coefficient (Wildman–Crippen LogP) is 2.19. The molecule has 0 heterocycles. The molecule has 0 aliphatic heterocycles. The van der Waals surface area contributed by atoms with Crippen LogP contribution in [0.15, 0.2) is 0 Å². The van der Waals surface area contributed by atoms with Crippen LogP contribution in [0.3, 0.4) is 0 Å². The Kier molecular flexibility index (Phi) is 5.75. The van der Waals surface area contributed by atoms with Crippen LogP contribution in [-0.2, 0) is 4.74 Å². The Labute approximate surface area is 93.8 Å². The minimum atomic E-state index is 0.272. The van der Waals surface area contributed by atoms with E-state index in [1.165, 1.54) is 25.7 Å². The maximum absolute atomic E-state index is 5.98. The van der Waals surface area contributed by atoms with Gasteiger partial charge in [-0.1, -0.05) is 25.7 Å². The SMILES string of the molecule is C#CCNCC(C)OC1CCCC(C)C1. The Morgan fingerprint density at radius 1 is 1.53 bits per heavy atom. The molecule has 0 aromatic carbocycles. The van der Waals surface area contributed by atoms with Gasteiger partial charge in [0.1, 0.15) is 0 Å². The van der Waals surface area contributed by atoms with Crippen LogP contribution < -0.4 is 5.32 Å². The molecular formula is C13H23NO. The average Bonchev–Trinajstić information content (AvgIpc) is 2.18. The van der Waals surface area contributed by atoms with Crippen LogP contribution in [0.5, 0.6) is 0 Å². The van der Waals surface area contributed by atoms with Gasteiger partial charge in [0, 0.05) is 6.54 Å². The van der Waals surface area contributed by atoms with Gasteiger partial charge in [-0.15, -0.1) is 6.42 Å². The molecule has 0 amide bonds. The van der Waals surface area contributed by atoms with E-state index in [0.717, 1.165) is 12.5 Å². The largest absolute Gasteiger partial charge is 0.374 e. The van der Waals surface area contributed by atoms with Gasteiger partial charge in [-0.25, -0.2) is 0 Å². The van der Waals surface area contributed by atoms with Crippen molar-refractivity contribution in [2.75, 3.05) is 13.1 Å². The molecule has 1 aliphatic carbocycles. The number of hydrogen-bond acceptors (Lipinski definition) is 2. The maximum Gasteiger partial charge on any atom is 0.0675 e. The van der Waals surface area contributed by atoms with Gasteiger partial charge in [0.25, 0.3) is 0 Å². The van der Waals surface area contributed by atoms with E-state index >= 15 is 0 Å². The molecule has 1 N–H and O–H groups in total. The molecule has 3 unspecified atom stereocenters. The Hall–Kier alpha value is -0.520. The van der Waals surface area contributed by atoms with Crippen LogP contribution in [0.1, 0.15) is 39.5 Å². The molecule has 2 nitrogen and oxygen atoms in total. The quantitative estimate of drug-likeness (QED) is 0.553. The fourth-order valence-electron chi connectivity index (χ4n) is 2.23. The Morgan fingerprint density at radius 2 is 2.33 bits per heavy atom. The summed E-state index contributed by atoms with van der Waals surface area (Å²) < 4.78 is 5.98. The summed E-state index contributed by atoms with van der Waals surface area (Å²) in [5, 5.41) is 3.17. The second-order valence-corrected chi connectivity index (χ2v) is 4.68. The highest BCUT2D eigenvalue weighted by atomic mass is 16.5. The monoisotopic (exact) mass is 209 g/mol. The van der Waals surface area contributed by atoms with E-state index < -0.39 is 0 Å². The van der Waals surface area contributed by atoms with Crippen molar-refractivity contribution in [1.82, 2.24) is 5.32 Å². The minimum absolute atomic E-state index is 0.272. The first-order chi connectivity index (χ1) is 7.22. The van der Waals surface area contributed by atoms with E-state index in [9.17, 15) is 0 Å². The second kappa shape index (κ2) is 6.87. The first kappa shape index (κ1) is 12.5. The van der Waals surface area contributed by atoms with Crippen LogP contribution in [0, 0.1) is 18.3 Å². The number of terminal acetylenes is 1. The highest BCUT2D eigenvalue weighted by Crippen LogP contribution is 2.26. The Balaban J connectivity index is 2.13. The summed E-state index contributed by atoms with van der Waals surface area (Å²) >= 11 is 0. The van der Waals surface area contributed by atoms with Crippen molar-refractivity contribution < 1.29 is 4.74 Å². The third-order valence-corrected chi connectivity index (χ3v) is 2.97. The van der Waals surface area contributed by atoms with Gasteiger partial charge in [-0.3, -0.25) is 0 Å². The summed E-state index contributed by atoms with van der Waals surface area (Å²) in [6.07, 6.45) is 11.0. The van der Waals surface area contributed by atoms with Crippen LogP contribution in [-0.4, -0.2) is 25.3 Å². The second-order valence-electron chi connectivity index (χ2n) is 4.68. The molecular weight excluding hydrogens is 186 g/mol. The highest BCUT2D eigenvalue weighted by molar-refractivity contribution is 4.86. The van der Waals surface area contributed by atoms with E-state index in [0.29, 0.717) is 12.6 Å². The van der Waals surface area contributed by atoms with Crippen molar-refractivity contribution in [1.29, 1.82) is 0 Å². The molecule has 0 radical (unpaired) electrons. The standard InChI is InChI=1S/C13H23NO/c1-4-8-14-10-12(3)15-13-7-5-6-11(2)9-13/h1,11-14H,5-10H2,2-3H3. The summed E-state index contributed by atoms with van der Waals surface area (Å²) in [7, 11) is 0. The normalized spacial score (nSPS) is 28.3. The third kappa shape index (κ3) is 5.20. The number of nitrogens with one attached hydrogen (secondary N) is 1. The summed E-state index contributed by atoms with van der Waals surface area (Å²) in [4.78, 5) is 0. The van der Waals surface area contributed by atoms with E-state index in [-0.39, 0.29) is 6.10 Å². The molecule has 3 atom stereocenters. The maximum atomic E-state index is 5.98. The summed E-state index contributed by atoms with van der Waals surface area (Å²) in [5.41, 5.74) is 0. The number of hydrogen-bond donors (Lipinski definition) is 1. The zero-order chi connectivity index (χ0) is 11.1. The van der Waals surface area contributed by atoms with Crippen molar-refractivity contribution in [3.05, 3.63) is 0 Å². The van der Waals surface area contributed by atoms with Gasteiger partial charge >= 0.3 is 0 Å². The lowest BCUT2D eigenvalue weighted by Gasteiger charge is -2.29. The van der Waals surface area contributed by atoms with E-state index in [1.54, 1.807) is 0 Å². The number of ether oxygens (including phenoxy) is 1. The van der Waals surface area contributed by atoms with Crippen LogP contribution in [0.4, 0.5) is 0 Å². The lowest BCUT2D eigenvalue weighted by molar-refractivity contribution is -0.0288. The van der Waals surface area contributed by atoms with Crippen LogP contribution >= 0.6 is 0 Å². The minimum Gasteiger partial charge on any atom is -0.374 e. The van der Waals surface area contributed by atoms with Gasteiger partial charge in [-0.05, 0) is 25.7 Å².